The second-order valence-electron chi connectivity index (χ2n) is 2.97. The number of hydrogen-bond donors (Lipinski definition) is 2. The molecule has 0 radical (unpaired) electrons. The quantitative estimate of drug-likeness (QED) is 0.807. The summed E-state index contributed by atoms with van der Waals surface area (Å²) < 4.78 is 5.08. The summed E-state index contributed by atoms with van der Waals surface area (Å²) in [6, 6.07) is 3.18. The van der Waals surface area contributed by atoms with E-state index in [-0.39, 0.29) is 5.75 Å². The van der Waals surface area contributed by atoms with Crippen LogP contribution in [0.3, 0.4) is 0 Å². The fourth-order valence-electron chi connectivity index (χ4n) is 1.33. The lowest BCUT2D eigenvalue weighted by Crippen LogP contribution is -2.02. The molecule has 4 heteroatoms. The van der Waals surface area contributed by atoms with Gasteiger partial charge in [-0.25, -0.2) is 0 Å². The van der Waals surface area contributed by atoms with Crippen LogP contribution in [0.5, 0.6) is 11.5 Å². The highest BCUT2D eigenvalue weighted by Gasteiger charge is 2.11. The third-order valence-corrected chi connectivity index (χ3v) is 2.37. The van der Waals surface area contributed by atoms with Gasteiger partial charge in [-0.1, -0.05) is 11.6 Å². The molecule has 0 amide bonds. The van der Waals surface area contributed by atoms with Gasteiger partial charge in [-0.05, 0) is 31.5 Å². The molecule has 14 heavy (non-hydrogen) atoms. The van der Waals surface area contributed by atoms with E-state index in [2.05, 4.69) is 0 Å². The van der Waals surface area contributed by atoms with Crippen molar-refractivity contribution in [2.75, 3.05) is 13.7 Å². The Morgan fingerprint density at radius 1 is 1.50 bits per heavy atom. The van der Waals surface area contributed by atoms with Crippen LogP contribution in [0.1, 0.15) is 12.0 Å². The fraction of sp³-hybridized carbons (Fsp3) is 0.400. The monoisotopic (exact) mass is 215 g/mol. The summed E-state index contributed by atoms with van der Waals surface area (Å²) in [5, 5.41) is 10.1. The number of phenols is 1. The number of benzene rings is 1. The molecule has 0 aliphatic rings. The highest BCUT2D eigenvalue weighted by molar-refractivity contribution is 6.31. The van der Waals surface area contributed by atoms with Crippen LogP contribution in [0.15, 0.2) is 12.1 Å². The zero-order chi connectivity index (χ0) is 10.6. The standard InChI is InChI=1S/C10H14ClNO2/c1-14-10-7(3-2-6-12)8(11)4-5-9(10)13/h4-5,13H,2-3,6,12H2,1H3. The first-order valence-electron chi connectivity index (χ1n) is 4.45. The van der Waals surface area contributed by atoms with Crippen molar-refractivity contribution in [1.29, 1.82) is 0 Å². The van der Waals surface area contributed by atoms with Crippen molar-refractivity contribution in [1.82, 2.24) is 0 Å². The molecular weight excluding hydrogens is 202 g/mol. The van der Waals surface area contributed by atoms with Gasteiger partial charge in [-0.3, -0.25) is 0 Å². The third-order valence-electron chi connectivity index (χ3n) is 2.02. The van der Waals surface area contributed by atoms with Gasteiger partial charge in [-0.15, -0.1) is 0 Å². The molecule has 0 heterocycles. The summed E-state index contributed by atoms with van der Waals surface area (Å²) >= 11 is 5.98. The van der Waals surface area contributed by atoms with E-state index in [0.29, 0.717) is 23.7 Å². The zero-order valence-electron chi connectivity index (χ0n) is 8.09. The van der Waals surface area contributed by atoms with Gasteiger partial charge < -0.3 is 15.6 Å². The summed E-state index contributed by atoms with van der Waals surface area (Å²) in [5.41, 5.74) is 6.23. The second kappa shape index (κ2) is 5.08. The first-order valence-corrected chi connectivity index (χ1v) is 4.83. The van der Waals surface area contributed by atoms with E-state index in [9.17, 15) is 5.11 Å². The Bertz CT molecular complexity index is 315. The molecule has 78 valence electrons. The Balaban J connectivity index is 3.03. The van der Waals surface area contributed by atoms with E-state index in [1.165, 1.54) is 13.2 Å². The lowest BCUT2D eigenvalue weighted by atomic mass is 10.1. The van der Waals surface area contributed by atoms with Gasteiger partial charge in [-0.2, -0.15) is 0 Å². The van der Waals surface area contributed by atoms with Gasteiger partial charge >= 0.3 is 0 Å². The first kappa shape index (κ1) is 11.1. The molecule has 0 fully saturated rings. The molecule has 1 aromatic rings. The average molecular weight is 216 g/mol. The number of hydrogen-bond acceptors (Lipinski definition) is 3. The fourth-order valence-corrected chi connectivity index (χ4v) is 1.57. The molecule has 0 saturated heterocycles. The predicted molar refractivity (Wildman–Crippen MR) is 57.0 cm³/mol. The van der Waals surface area contributed by atoms with Gasteiger partial charge in [0.15, 0.2) is 11.5 Å². The highest BCUT2D eigenvalue weighted by atomic mass is 35.5. The first-order chi connectivity index (χ1) is 6.70. The molecule has 0 aliphatic carbocycles. The van der Waals surface area contributed by atoms with Crippen molar-refractivity contribution in [2.24, 2.45) is 5.73 Å². The molecule has 1 rings (SSSR count). The lowest BCUT2D eigenvalue weighted by molar-refractivity contribution is 0.369. The molecule has 3 nitrogen and oxygen atoms in total. The Morgan fingerprint density at radius 2 is 2.21 bits per heavy atom. The van der Waals surface area contributed by atoms with E-state index >= 15 is 0 Å². The summed E-state index contributed by atoms with van der Waals surface area (Å²) in [5.74, 6) is 0.565. The SMILES string of the molecule is COc1c(O)ccc(Cl)c1CCCN. The number of methoxy groups -OCH3 is 1. The number of nitrogens with two attached hydrogens (primary N) is 1. The lowest BCUT2D eigenvalue weighted by Gasteiger charge is -2.11. The number of phenolic OH excluding ortho intramolecular Hbond substituents is 1. The van der Waals surface area contributed by atoms with Crippen LogP contribution in [-0.4, -0.2) is 18.8 Å². The molecular formula is C10H14ClNO2. The molecule has 0 unspecified atom stereocenters. The minimum absolute atomic E-state index is 0.115. The maximum absolute atomic E-state index is 9.50. The van der Waals surface area contributed by atoms with Gasteiger partial charge in [0.2, 0.25) is 0 Å². The smallest absolute Gasteiger partial charge is 0.165 e. The van der Waals surface area contributed by atoms with Crippen molar-refractivity contribution in [3.63, 3.8) is 0 Å². The van der Waals surface area contributed by atoms with Crippen LogP contribution < -0.4 is 10.5 Å². The van der Waals surface area contributed by atoms with Crippen molar-refractivity contribution in [2.45, 2.75) is 12.8 Å². The molecule has 3 N–H and O–H groups in total. The van der Waals surface area contributed by atoms with Gasteiger partial charge in [0.25, 0.3) is 0 Å². The summed E-state index contributed by atoms with van der Waals surface area (Å²) in [4.78, 5) is 0. The van der Waals surface area contributed by atoms with Crippen LogP contribution in [0, 0.1) is 0 Å². The molecule has 0 bridgehead atoms. The molecule has 0 aliphatic heterocycles. The van der Waals surface area contributed by atoms with Crippen molar-refractivity contribution in [3.8, 4) is 11.5 Å². The van der Waals surface area contributed by atoms with E-state index in [4.69, 9.17) is 22.1 Å². The minimum atomic E-state index is 0.115. The average Bonchev–Trinajstić information content (AvgIpc) is 2.19. The van der Waals surface area contributed by atoms with Crippen LogP contribution >= 0.6 is 11.6 Å². The number of rotatable bonds is 4. The van der Waals surface area contributed by atoms with Gasteiger partial charge in [0.05, 0.1) is 7.11 Å². The Morgan fingerprint density at radius 3 is 2.79 bits per heavy atom. The van der Waals surface area contributed by atoms with E-state index in [1.54, 1.807) is 6.07 Å². The van der Waals surface area contributed by atoms with E-state index < -0.39 is 0 Å². The number of aromatic hydroxyl groups is 1. The Hall–Kier alpha value is -0.930. The minimum Gasteiger partial charge on any atom is -0.504 e. The predicted octanol–water partition coefficient (Wildman–Crippen LogP) is 1.95. The molecule has 0 saturated carbocycles. The summed E-state index contributed by atoms with van der Waals surface area (Å²) in [6.07, 6.45) is 1.53. The maximum Gasteiger partial charge on any atom is 0.165 e. The summed E-state index contributed by atoms with van der Waals surface area (Å²) in [7, 11) is 1.51. The maximum atomic E-state index is 9.50. The summed E-state index contributed by atoms with van der Waals surface area (Å²) in [6.45, 7) is 0.592. The topological polar surface area (TPSA) is 55.5 Å². The molecule has 0 aromatic heterocycles. The normalized spacial score (nSPS) is 10.2. The van der Waals surface area contributed by atoms with Crippen molar-refractivity contribution >= 4 is 11.6 Å². The third kappa shape index (κ3) is 2.30. The van der Waals surface area contributed by atoms with E-state index in [1.807, 2.05) is 0 Å². The van der Waals surface area contributed by atoms with Gasteiger partial charge in [0, 0.05) is 10.6 Å². The van der Waals surface area contributed by atoms with E-state index in [0.717, 1.165) is 12.0 Å². The highest BCUT2D eigenvalue weighted by Crippen LogP contribution is 2.35. The van der Waals surface area contributed by atoms with Crippen LogP contribution in [-0.2, 0) is 6.42 Å². The van der Waals surface area contributed by atoms with Crippen molar-refractivity contribution < 1.29 is 9.84 Å². The van der Waals surface area contributed by atoms with Crippen LogP contribution in [0.2, 0.25) is 5.02 Å². The van der Waals surface area contributed by atoms with Gasteiger partial charge in [0.1, 0.15) is 0 Å². The molecule has 0 atom stereocenters. The largest absolute Gasteiger partial charge is 0.504 e. The van der Waals surface area contributed by atoms with Crippen LogP contribution in [0.25, 0.3) is 0 Å². The van der Waals surface area contributed by atoms with Crippen LogP contribution in [0.4, 0.5) is 0 Å². The number of ether oxygens (including phenoxy) is 1. The van der Waals surface area contributed by atoms with Crippen molar-refractivity contribution in [3.05, 3.63) is 22.7 Å². The Kier molecular flexibility index (Phi) is 4.04. The number of halogens is 1. The zero-order valence-corrected chi connectivity index (χ0v) is 8.84. The Labute approximate surface area is 88.4 Å². The molecule has 1 aromatic carbocycles. The second-order valence-corrected chi connectivity index (χ2v) is 3.38. The molecule has 0 spiro atoms.